The molecule has 0 radical (unpaired) electrons. The van der Waals surface area contributed by atoms with Gasteiger partial charge in [-0.2, -0.15) is 0 Å². The van der Waals surface area contributed by atoms with Gasteiger partial charge in [-0.3, -0.25) is 9.59 Å². The highest BCUT2D eigenvalue weighted by atomic mass is 16.5. The standard InChI is InChI=1S/C26H24N2O3/c1-17(29)20-7-3-5-9-23(20)27-25(30)16-15-22-21-8-4-6-10-24(21)28-26(22)18-11-13-19(31-2)14-12-18/h3-14,28H,15-16H2,1-2H3,(H,27,30). The zero-order chi connectivity index (χ0) is 21.8. The largest absolute Gasteiger partial charge is 0.497 e. The molecular weight excluding hydrogens is 388 g/mol. The quantitative estimate of drug-likeness (QED) is 0.387. The van der Waals surface area contributed by atoms with E-state index in [0.717, 1.165) is 33.5 Å². The highest BCUT2D eigenvalue weighted by Crippen LogP contribution is 2.32. The van der Waals surface area contributed by atoms with Crippen LogP contribution in [-0.4, -0.2) is 23.8 Å². The maximum atomic E-state index is 12.7. The van der Waals surface area contributed by atoms with E-state index in [4.69, 9.17) is 4.74 Å². The van der Waals surface area contributed by atoms with Gasteiger partial charge in [0.05, 0.1) is 12.8 Å². The summed E-state index contributed by atoms with van der Waals surface area (Å²) in [5.41, 5.74) is 5.23. The number of fused-ring (bicyclic) bond motifs is 1. The predicted molar refractivity (Wildman–Crippen MR) is 124 cm³/mol. The molecule has 1 aromatic heterocycles. The average molecular weight is 412 g/mol. The Balaban J connectivity index is 1.59. The first-order valence-corrected chi connectivity index (χ1v) is 10.2. The Labute approximate surface area is 181 Å². The van der Waals surface area contributed by atoms with Crippen molar-refractivity contribution in [2.75, 3.05) is 12.4 Å². The number of ether oxygens (including phenoxy) is 1. The number of benzene rings is 3. The van der Waals surface area contributed by atoms with Crippen molar-refractivity contribution in [2.45, 2.75) is 19.8 Å². The molecule has 31 heavy (non-hydrogen) atoms. The smallest absolute Gasteiger partial charge is 0.224 e. The van der Waals surface area contributed by atoms with Crippen molar-refractivity contribution in [3.8, 4) is 17.0 Å². The Hall–Kier alpha value is -3.86. The normalized spacial score (nSPS) is 10.8. The fourth-order valence-corrected chi connectivity index (χ4v) is 3.81. The van der Waals surface area contributed by atoms with Gasteiger partial charge >= 0.3 is 0 Å². The first-order chi connectivity index (χ1) is 15.1. The lowest BCUT2D eigenvalue weighted by atomic mass is 10.0. The van der Waals surface area contributed by atoms with E-state index in [1.54, 1.807) is 25.3 Å². The minimum atomic E-state index is -0.125. The summed E-state index contributed by atoms with van der Waals surface area (Å²) in [6.07, 6.45) is 0.872. The second-order valence-electron chi connectivity index (χ2n) is 7.40. The molecule has 0 unspecified atom stereocenters. The summed E-state index contributed by atoms with van der Waals surface area (Å²) >= 11 is 0. The van der Waals surface area contributed by atoms with Crippen LogP contribution in [0, 0.1) is 0 Å². The number of rotatable bonds is 7. The number of H-pyrrole nitrogens is 1. The summed E-state index contributed by atoms with van der Waals surface area (Å²) in [6.45, 7) is 1.50. The fraction of sp³-hybridized carbons (Fsp3) is 0.154. The van der Waals surface area contributed by atoms with E-state index in [1.165, 1.54) is 6.92 Å². The van der Waals surface area contributed by atoms with Gasteiger partial charge in [0.1, 0.15) is 5.75 Å². The van der Waals surface area contributed by atoms with Crippen LogP contribution in [0.15, 0.2) is 72.8 Å². The second-order valence-corrected chi connectivity index (χ2v) is 7.40. The molecule has 3 aromatic carbocycles. The molecule has 1 heterocycles. The van der Waals surface area contributed by atoms with Gasteiger partial charge in [-0.1, -0.05) is 30.3 Å². The van der Waals surface area contributed by atoms with Crippen LogP contribution in [0.4, 0.5) is 5.69 Å². The topological polar surface area (TPSA) is 71.2 Å². The van der Waals surface area contributed by atoms with Crippen molar-refractivity contribution < 1.29 is 14.3 Å². The number of anilines is 1. The number of carbonyl (C=O) groups is 2. The molecule has 0 bridgehead atoms. The first-order valence-electron chi connectivity index (χ1n) is 10.2. The van der Waals surface area contributed by atoms with Gasteiger partial charge in [0, 0.05) is 28.6 Å². The number of aromatic amines is 1. The highest BCUT2D eigenvalue weighted by Gasteiger charge is 2.16. The van der Waals surface area contributed by atoms with Crippen molar-refractivity contribution in [2.24, 2.45) is 0 Å². The van der Waals surface area contributed by atoms with E-state index in [1.807, 2.05) is 48.5 Å². The number of aromatic nitrogens is 1. The second kappa shape index (κ2) is 8.88. The zero-order valence-electron chi connectivity index (χ0n) is 17.6. The van der Waals surface area contributed by atoms with Crippen molar-refractivity contribution in [1.29, 1.82) is 0 Å². The van der Waals surface area contributed by atoms with Gasteiger partial charge in [-0.25, -0.2) is 0 Å². The number of hydrogen-bond donors (Lipinski definition) is 2. The molecule has 5 nitrogen and oxygen atoms in total. The highest BCUT2D eigenvalue weighted by molar-refractivity contribution is 6.03. The summed E-state index contributed by atoms with van der Waals surface area (Å²) in [5.74, 6) is 0.596. The van der Waals surface area contributed by atoms with Gasteiger partial charge in [-0.05, 0) is 66.9 Å². The van der Waals surface area contributed by atoms with Crippen LogP contribution in [0.1, 0.15) is 29.3 Å². The SMILES string of the molecule is COc1ccc(-c2[nH]c3ccccc3c2CCC(=O)Nc2ccccc2C(C)=O)cc1. The third-order valence-electron chi connectivity index (χ3n) is 5.37. The van der Waals surface area contributed by atoms with Gasteiger partial charge < -0.3 is 15.0 Å². The number of ketones is 1. The Kier molecular flexibility index (Phi) is 5.85. The van der Waals surface area contributed by atoms with Crippen LogP contribution < -0.4 is 10.1 Å². The fourth-order valence-electron chi connectivity index (χ4n) is 3.81. The summed E-state index contributed by atoms with van der Waals surface area (Å²) in [4.78, 5) is 28.0. The summed E-state index contributed by atoms with van der Waals surface area (Å²) in [5, 5.41) is 3.99. The molecule has 5 heteroatoms. The molecule has 156 valence electrons. The summed E-state index contributed by atoms with van der Waals surface area (Å²) in [6, 6.07) is 23.0. The number of methoxy groups -OCH3 is 1. The third kappa shape index (κ3) is 4.36. The average Bonchev–Trinajstić information content (AvgIpc) is 3.16. The van der Waals surface area contributed by atoms with Crippen molar-refractivity contribution in [3.63, 3.8) is 0 Å². The van der Waals surface area contributed by atoms with Gasteiger partial charge in [0.2, 0.25) is 5.91 Å². The lowest BCUT2D eigenvalue weighted by Gasteiger charge is -2.10. The van der Waals surface area contributed by atoms with E-state index < -0.39 is 0 Å². The van der Waals surface area contributed by atoms with Gasteiger partial charge in [-0.15, -0.1) is 0 Å². The van der Waals surface area contributed by atoms with Crippen LogP contribution >= 0.6 is 0 Å². The molecule has 1 amide bonds. The Morgan fingerprint density at radius 1 is 0.935 bits per heavy atom. The molecule has 0 atom stereocenters. The lowest BCUT2D eigenvalue weighted by Crippen LogP contribution is -2.14. The van der Waals surface area contributed by atoms with E-state index in [-0.39, 0.29) is 11.7 Å². The maximum Gasteiger partial charge on any atom is 0.224 e. The van der Waals surface area contributed by atoms with E-state index in [2.05, 4.69) is 16.4 Å². The van der Waals surface area contributed by atoms with E-state index in [9.17, 15) is 9.59 Å². The number of hydrogen-bond acceptors (Lipinski definition) is 3. The summed E-state index contributed by atoms with van der Waals surface area (Å²) in [7, 11) is 1.65. The molecule has 0 spiro atoms. The van der Waals surface area contributed by atoms with Gasteiger partial charge in [0.25, 0.3) is 0 Å². The van der Waals surface area contributed by atoms with Crippen molar-refractivity contribution >= 4 is 28.3 Å². The van der Waals surface area contributed by atoms with E-state index >= 15 is 0 Å². The lowest BCUT2D eigenvalue weighted by molar-refractivity contribution is -0.116. The maximum absolute atomic E-state index is 12.7. The molecule has 4 rings (SSSR count). The number of aryl methyl sites for hydroxylation is 1. The first kappa shape index (κ1) is 20.4. The number of nitrogens with one attached hydrogen (secondary N) is 2. The Morgan fingerprint density at radius 2 is 1.65 bits per heavy atom. The Bertz CT molecular complexity index is 1240. The van der Waals surface area contributed by atoms with Crippen LogP contribution in [0.2, 0.25) is 0 Å². The summed E-state index contributed by atoms with van der Waals surface area (Å²) < 4.78 is 5.27. The molecule has 0 saturated heterocycles. The molecular formula is C26H24N2O3. The van der Waals surface area contributed by atoms with Gasteiger partial charge in [0.15, 0.2) is 5.78 Å². The van der Waals surface area contributed by atoms with E-state index in [0.29, 0.717) is 24.1 Å². The number of para-hydroxylation sites is 2. The van der Waals surface area contributed by atoms with Crippen LogP contribution in [0.3, 0.4) is 0 Å². The van der Waals surface area contributed by atoms with Crippen molar-refractivity contribution in [1.82, 2.24) is 4.98 Å². The molecule has 4 aromatic rings. The zero-order valence-corrected chi connectivity index (χ0v) is 17.6. The van der Waals surface area contributed by atoms with Crippen LogP contribution in [0.5, 0.6) is 5.75 Å². The monoisotopic (exact) mass is 412 g/mol. The molecule has 0 fully saturated rings. The molecule has 2 N–H and O–H groups in total. The number of Topliss-reactive ketones (excluding diaryl/α,β-unsaturated/α-hetero) is 1. The Morgan fingerprint density at radius 3 is 2.39 bits per heavy atom. The molecule has 0 saturated carbocycles. The number of amides is 1. The minimum Gasteiger partial charge on any atom is -0.497 e. The van der Waals surface area contributed by atoms with Crippen molar-refractivity contribution in [3.05, 3.63) is 83.9 Å². The molecule has 0 aliphatic heterocycles. The minimum absolute atomic E-state index is 0.0747. The predicted octanol–water partition coefficient (Wildman–Crippen LogP) is 5.62. The van der Waals surface area contributed by atoms with Crippen LogP contribution in [-0.2, 0) is 11.2 Å². The number of carbonyl (C=O) groups excluding carboxylic acids is 2. The third-order valence-corrected chi connectivity index (χ3v) is 5.37. The molecule has 0 aliphatic carbocycles. The van der Waals surface area contributed by atoms with Crippen LogP contribution in [0.25, 0.3) is 22.2 Å². The molecule has 0 aliphatic rings.